The van der Waals surface area contributed by atoms with E-state index in [4.69, 9.17) is 16.3 Å². The Balaban J connectivity index is 2.54. The summed E-state index contributed by atoms with van der Waals surface area (Å²) in [6.45, 7) is 3.63. The van der Waals surface area contributed by atoms with Gasteiger partial charge in [0.1, 0.15) is 5.69 Å². The third kappa shape index (κ3) is 2.56. The van der Waals surface area contributed by atoms with E-state index in [-0.39, 0.29) is 12.3 Å². The smallest absolute Gasteiger partial charge is 0.356 e. The molecule has 0 radical (unpaired) electrons. The SMILES string of the molecule is CCOC(=O)c1[nH]c(=O)n(-c2cccc(Cl)c2)c1C. The number of hydrogen-bond acceptors (Lipinski definition) is 3. The summed E-state index contributed by atoms with van der Waals surface area (Å²) in [5.74, 6) is -0.544. The molecule has 0 fully saturated rings. The van der Waals surface area contributed by atoms with Crippen molar-refractivity contribution in [2.45, 2.75) is 13.8 Å². The van der Waals surface area contributed by atoms with Gasteiger partial charge in [-0.15, -0.1) is 0 Å². The molecule has 0 spiro atoms. The lowest BCUT2D eigenvalue weighted by Crippen LogP contribution is -2.15. The minimum Gasteiger partial charge on any atom is -0.461 e. The van der Waals surface area contributed by atoms with Crippen LogP contribution in [-0.4, -0.2) is 22.1 Å². The fraction of sp³-hybridized carbons (Fsp3) is 0.231. The fourth-order valence-corrected chi connectivity index (χ4v) is 2.03. The predicted octanol–water partition coefficient (Wildman–Crippen LogP) is 2.30. The van der Waals surface area contributed by atoms with Gasteiger partial charge in [-0.25, -0.2) is 9.59 Å². The number of imidazole rings is 1. The highest BCUT2D eigenvalue weighted by Gasteiger charge is 2.18. The number of nitrogens with zero attached hydrogens (tertiary/aromatic N) is 1. The van der Waals surface area contributed by atoms with E-state index in [0.29, 0.717) is 16.4 Å². The van der Waals surface area contributed by atoms with Gasteiger partial charge in [-0.1, -0.05) is 17.7 Å². The molecule has 1 N–H and O–H groups in total. The highest BCUT2D eigenvalue weighted by atomic mass is 35.5. The Hall–Kier alpha value is -2.01. The van der Waals surface area contributed by atoms with E-state index in [1.165, 1.54) is 4.57 Å². The van der Waals surface area contributed by atoms with Crippen molar-refractivity contribution >= 4 is 17.6 Å². The number of esters is 1. The Kier molecular flexibility index (Phi) is 3.76. The maximum absolute atomic E-state index is 11.9. The molecular weight excluding hydrogens is 268 g/mol. The highest BCUT2D eigenvalue weighted by molar-refractivity contribution is 6.30. The Morgan fingerprint density at radius 3 is 2.84 bits per heavy atom. The Labute approximate surface area is 114 Å². The molecule has 0 atom stereocenters. The molecule has 1 aromatic heterocycles. The maximum Gasteiger partial charge on any atom is 0.356 e. The van der Waals surface area contributed by atoms with Crippen molar-refractivity contribution < 1.29 is 9.53 Å². The van der Waals surface area contributed by atoms with Crippen LogP contribution in [0.3, 0.4) is 0 Å². The first kappa shape index (κ1) is 13.4. The average Bonchev–Trinajstić information content (AvgIpc) is 2.65. The molecule has 0 saturated carbocycles. The van der Waals surface area contributed by atoms with E-state index < -0.39 is 11.7 Å². The molecule has 0 aliphatic heterocycles. The van der Waals surface area contributed by atoms with Crippen molar-refractivity contribution in [1.29, 1.82) is 0 Å². The number of carbonyl (C=O) groups is 1. The third-order valence-corrected chi connectivity index (χ3v) is 2.91. The van der Waals surface area contributed by atoms with Crippen LogP contribution >= 0.6 is 11.6 Å². The molecular formula is C13H13ClN2O3. The first-order chi connectivity index (χ1) is 9.04. The van der Waals surface area contributed by atoms with Gasteiger partial charge in [0.25, 0.3) is 0 Å². The summed E-state index contributed by atoms with van der Waals surface area (Å²) in [5.41, 5.74) is 0.849. The summed E-state index contributed by atoms with van der Waals surface area (Å²) in [6, 6.07) is 6.84. The zero-order chi connectivity index (χ0) is 14.0. The molecule has 2 rings (SSSR count). The number of rotatable bonds is 3. The molecule has 2 aromatic rings. The summed E-state index contributed by atoms with van der Waals surface area (Å²) >= 11 is 5.90. The standard InChI is InChI=1S/C13H13ClN2O3/c1-3-19-12(17)11-8(2)16(13(18)15-11)10-6-4-5-9(14)7-10/h4-7H,3H2,1-2H3,(H,15,18). The first-order valence-electron chi connectivity index (χ1n) is 5.79. The summed E-state index contributed by atoms with van der Waals surface area (Å²) in [7, 11) is 0. The van der Waals surface area contributed by atoms with E-state index in [9.17, 15) is 9.59 Å². The molecule has 0 bridgehead atoms. The normalized spacial score (nSPS) is 10.5. The van der Waals surface area contributed by atoms with Crippen molar-refractivity contribution in [1.82, 2.24) is 9.55 Å². The second-order valence-corrected chi connectivity index (χ2v) is 4.36. The van der Waals surface area contributed by atoms with Crippen LogP contribution in [0.15, 0.2) is 29.1 Å². The number of halogens is 1. The van der Waals surface area contributed by atoms with Gasteiger partial charge in [-0.05, 0) is 32.0 Å². The molecule has 6 heteroatoms. The van der Waals surface area contributed by atoms with E-state index in [0.717, 1.165) is 0 Å². The number of ether oxygens (including phenoxy) is 1. The zero-order valence-electron chi connectivity index (χ0n) is 10.6. The number of nitrogens with one attached hydrogen (secondary N) is 1. The van der Waals surface area contributed by atoms with Gasteiger partial charge in [-0.2, -0.15) is 0 Å². The van der Waals surface area contributed by atoms with E-state index in [2.05, 4.69) is 4.98 Å². The number of benzene rings is 1. The molecule has 0 saturated heterocycles. The van der Waals surface area contributed by atoms with Gasteiger partial charge in [0, 0.05) is 5.02 Å². The maximum atomic E-state index is 11.9. The van der Waals surface area contributed by atoms with Crippen molar-refractivity contribution in [2.75, 3.05) is 6.61 Å². The summed E-state index contributed by atoms with van der Waals surface area (Å²) in [6.07, 6.45) is 0. The number of aromatic nitrogens is 2. The van der Waals surface area contributed by atoms with Crippen LogP contribution in [0, 0.1) is 6.92 Å². The van der Waals surface area contributed by atoms with Crippen molar-refractivity contribution in [3.63, 3.8) is 0 Å². The summed E-state index contributed by atoms with van der Waals surface area (Å²) in [4.78, 5) is 26.1. The molecule has 100 valence electrons. The molecule has 0 unspecified atom stereocenters. The lowest BCUT2D eigenvalue weighted by atomic mass is 10.3. The number of aromatic amines is 1. The van der Waals surface area contributed by atoms with Crippen LogP contribution in [0.4, 0.5) is 0 Å². The largest absolute Gasteiger partial charge is 0.461 e. The van der Waals surface area contributed by atoms with Gasteiger partial charge in [0.15, 0.2) is 0 Å². The summed E-state index contributed by atoms with van der Waals surface area (Å²) < 4.78 is 6.28. The van der Waals surface area contributed by atoms with Gasteiger partial charge in [0.05, 0.1) is 18.0 Å². The van der Waals surface area contributed by atoms with Crippen LogP contribution in [0.25, 0.3) is 5.69 Å². The minimum atomic E-state index is -0.544. The minimum absolute atomic E-state index is 0.159. The van der Waals surface area contributed by atoms with Crippen LogP contribution in [0.1, 0.15) is 23.1 Å². The summed E-state index contributed by atoms with van der Waals surface area (Å²) in [5, 5.41) is 0.516. The Bertz CT molecular complexity index is 673. The first-order valence-corrected chi connectivity index (χ1v) is 6.17. The zero-order valence-corrected chi connectivity index (χ0v) is 11.3. The van der Waals surface area contributed by atoms with Crippen LogP contribution < -0.4 is 5.69 Å². The predicted molar refractivity (Wildman–Crippen MR) is 72.1 cm³/mol. The highest BCUT2D eigenvalue weighted by Crippen LogP contribution is 2.16. The molecule has 1 aromatic carbocycles. The van der Waals surface area contributed by atoms with Gasteiger partial charge < -0.3 is 4.74 Å². The average molecular weight is 281 g/mol. The molecule has 1 heterocycles. The molecule has 5 nitrogen and oxygen atoms in total. The Morgan fingerprint density at radius 2 is 2.21 bits per heavy atom. The Morgan fingerprint density at radius 1 is 1.47 bits per heavy atom. The monoisotopic (exact) mass is 280 g/mol. The number of H-pyrrole nitrogens is 1. The van der Waals surface area contributed by atoms with E-state index in [1.54, 1.807) is 38.1 Å². The van der Waals surface area contributed by atoms with Gasteiger partial charge in [-0.3, -0.25) is 9.55 Å². The van der Waals surface area contributed by atoms with Gasteiger partial charge >= 0.3 is 11.7 Å². The number of hydrogen-bond donors (Lipinski definition) is 1. The fourth-order valence-electron chi connectivity index (χ4n) is 1.85. The quantitative estimate of drug-likeness (QED) is 0.878. The molecule has 19 heavy (non-hydrogen) atoms. The van der Waals surface area contributed by atoms with Crippen molar-refractivity contribution in [3.05, 3.63) is 51.2 Å². The second kappa shape index (κ2) is 5.32. The second-order valence-electron chi connectivity index (χ2n) is 3.93. The third-order valence-electron chi connectivity index (χ3n) is 2.68. The molecule has 0 amide bonds. The molecule has 0 aliphatic rings. The lowest BCUT2D eigenvalue weighted by Gasteiger charge is -2.05. The topological polar surface area (TPSA) is 64.1 Å². The molecule has 0 aliphatic carbocycles. The number of carbonyl (C=O) groups excluding carboxylic acids is 1. The lowest BCUT2D eigenvalue weighted by molar-refractivity contribution is 0.0519. The van der Waals surface area contributed by atoms with Gasteiger partial charge in [0.2, 0.25) is 0 Å². The van der Waals surface area contributed by atoms with E-state index >= 15 is 0 Å². The van der Waals surface area contributed by atoms with Crippen molar-refractivity contribution in [3.8, 4) is 5.69 Å². The van der Waals surface area contributed by atoms with Crippen molar-refractivity contribution in [2.24, 2.45) is 0 Å². The van der Waals surface area contributed by atoms with Crippen LogP contribution in [0.5, 0.6) is 0 Å². The van der Waals surface area contributed by atoms with E-state index in [1.807, 2.05) is 0 Å². The van der Waals surface area contributed by atoms with Crippen LogP contribution in [-0.2, 0) is 4.74 Å². The van der Waals surface area contributed by atoms with Crippen LogP contribution in [0.2, 0.25) is 5.02 Å².